The smallest absolute Gasteiger partial charge is 0.303 e. The SMILES string of the molecule is Cc1cc(C#N)cc2c1cc(Cc1c(Cl)ccc(C(=O)N3CCC(CC(=O)O)CC3)c1Cl)n2C. The number of aliphatic carboxylic acids is 1. The van der Waals surface area contributed by atoms with Crippen molar-refractivity contribution in [3.8, 4) is 6.07 Å². The number of nitrogens with zero attached hydrogens (tertiary/aromatic N) is 3. The number of carbonyl (C=O) groups excluding carboxylic acids is 1. The summed E-state index contributed by atoms with van der Waals surface area (Å²) in [7, 11) is 1.94. The molecular formula is C26H25Cl2N3O3. The van der Waals surface area contributed by atoms with Crippen LogP contribution >= 0.6 is 23.2 Å². The molecule has 4 rings (SSSR count). The molecule has 0 atom stereocenters. The lowest BCUT2D eigenvalue weighted by Gasteiger charge is -2.31. The quantitative estimate of drug-likeness (QED) is 0.498. The second-order valence-electron chi connectivity index (χ2n) is 8.93. The molecule has 1 aliphatic heterocycles. The molecule has 1 aromatic heterocycles. The maximum absolute atomic E-state index is 13.2. The van der Waals surface area contributed by atoms with Gasteiger partial charge in [0.15, 0.2) is 0 Å². The normalized spacial score (nSPS) is 14.4. The third kappa shape index (κ3) is 4.64. The number of carboxylic acid groups (broad SMARTS) is 1. The molecule has 0 bridgehead atoms. The first kappa shape index (κ1) is 24.1. The van der Waals surface area contributed by atoms with E-state index in [1.807, 2.05) is 30.7 Å². The van der Waals surface area contributed by atoms with E-state index >= 15 is 0 Å². The molecule has 1 fully saturated rings. The van der Waals surface area contributed by atoms with Crippen LogP contribution < -0.4 is 0 Å². The number of aromatic nitrogens is 1. The molecule has 0 saturated carbocycles. The Balaban J connectivity index is 1.61. The van der Waals surface area contributed by atoms with E-state index in [0.29, 0.717) is 59.1 Å². The van der Waals surface area contributed by atoms with Gasteiger partial charge in [0, 0.05) is 54.6 Å². The van der Waals surface area contributed by atoms with Crippen LogP contribution in [0.4, 0.5) is 0 Å². The van der Waals surface area contributed by atoms with Gasteiger partial charge in [0.1, 0.15) is 0 Å². The van der Waals surface area contributed by atoms with E-state index in [2.05, 4.69) is 12.1 Å². The van der Waals surface area contributed by atoms with E-state index in [0.717, 1.165) is 22.2 Å². The van der Waals surface area contributed by atoms with E-state index in [1.165, 1.54) is 0 Å². The standard InChI is InChI=1S/C26H25Cl2N3O3/c1-15-9-17(14-29)10-23-20(15)12-18(30(23)2)13-21-22(27)4-3-19(25(21)28)26(34)31-7-5-16(6-8-31)11-24(32)33/h3-4,9-10,12,16H,5-8,11,13H2,1-2H3,(H,32,33). The zero-order valence-corrected chi connectivity index (χ0v) is 20.6. The number of nitriles is 1. The summed E-state index contributed by atoms with van der Waals surface area (Å²) in [5.41, 5.74) is 4.63. The highest BCUT2D eigenvalue weighted by Crippen LogP contribution is 2.34. The summed E-state index contributed by atoms with van der Waals surface area (Å²) in [6, 6.07) is 11.4. The van der Waals surface area contributed by atoms with Gasteiger partial charge in [-0.05, 0) is 67.1 Å². The second-order valence-corrected chi connectivity index (χ2v) is 9.72. The fraction of sp³-hybridized carbons (Fsp3) is 0.346. The fourth-order valence-electron chi connectivity index (χ4n) is 4.76. The van der Waals surface area contributed by atoms with E-state index in [4.69, 9.17) is 28.3 Å². The van der Waals surface area contributed by atoms with Gasteiger partial charge in [-0.15, -0.1) is 0 Å². The number of carboxylic acids is 1. The molecule has 34 heavy (non-hydrogen) atoms. The average Bonchev–Trinajstić information content (AvgIpc) is 3.12. The Bertz CT molecular complexity index is 1330. The molecule has 8 heteroatoms. The van der Waals surface area contributed by atoms with Crippen molar-refractivity contribution in [2.24, 2.45) is 13.0 Å². The summed E-state index contributed by atoms with van der Waals surface area (Å²) in [5.74, 6) is -0.875. The number of carbonyl (C=O) groups is 2. The lowest BCUT2D eigenvalue weighted by molar-refractivity contribution is -0.138. The first-order valence-electron chi connectivity index (χ1n) is 11.2. The topological polar surface area (TPSA) is 86.3 Å². The van der Waals surface area contributed by atoms with E-state index in [1.54, 1.807) is 17.0 Å². The minimum atomic E-state index is -0.803. The molecule has 1 aliphatic rings. The van der Waals surface area contributed by atoms with Crippen LogP contribution in [0.25, 0.3) is 10.9 Å². The molecule has 1 saturated heterocycles. The third-order valence-electron chi connectivity index (χ3n) is 6.74. The number of halogens is 2. The summed E-state index contributed by atoms with van der Waals surface area (Å²) in [5, 5.41) is 20.2. The Morgan fingerprint density at radius 3 is 2.53 bits per heavy atom. The van der Waals surface area contributed by atoms with Crippen molar-refractivity contribution in [1.82, 2.24) is 9.47 Å². The number of rotatable bonds is 5. The van der Waals surface area contributed by atoms with Crippen molar-refractivity contribution in [2.45, 2.75) is 32.6 Å². The van der Waals surface area contributed by atoms with Crippen molar-refractivity contribution in [2.75, 3.05) is 13.1 Å². The first-order valence-corrected chi connectivity index (χ1v) is 11.9. The summed E-state index contributed by atoms with van der Waals surface area (Å²) >= 11 is 13.3. The Morgan fingerprint density at radius 2 is 1.88 bits per heavy atom. The average molecular weight is 498 g/mol. The number of piperidine rings is 1. The molecule has 1 N–H and O–H groups in total. The number of amides is 1. The highest BCUT2D eigenvalue weighted by Gasteiger charge is 2.27. The molecular weight excluding hydrogens is 473 g/mol. The lowest BCUT2D eigenvalue weighted by Crippen LogP contribution is -2.39. The van der Waals surface area contributed by atoms with Crippen LogP contribution in [-0.2, 0) is 18.3 Å². The predicted molar refractivity (Wildman–Crippen MR) is 133 cm³/mol. The maximum Gasteiger partial charge on any atom is 0.303 e. The van der Waals surface area contributed by atoms with Gasteiger partial charge in [-0.1, -0.05) is 23.2 Å². The van der Waals surface area contributed by atoms with Gasteiger partial charge < -0.3 is 14.6 Å². The highest BCUT2D eigenvalue weighted by molar-refractivity contribution is 6.38. The molecule has 0 unspecified atom stereocenters. The Kier molecular flexibility index (Phi) is 6.88. The Morgan fingerprint density at radius 1 is 1.18 bits per heavy atom. The Labute approximate surface area is 208 Å². The molecule has 6 nitrogen and oxygen atoms in total. The zero-order chi connectivity index (χ0) is 24.6. The molecule has 3 aromatic rings. The molecule has 0 aliphatic carbocycles. The van der Waals surface area contributed by atoms with Crippen LogP contribution in [0.2, 0.25) is 10.0 Å². The lowest BCUT2D eigenvalue weighted by atomic mass is 9.93. The molecule has 0 spiro atoms. The maximum atomic E-state index is 13.2. The van der Waals surface area contributed by atoms with Crippen molar-refractivity contribution in [1.29, 1.82) is 5.26 Å². The number of hydrogen-bond acceptors (Lipinski definition) is 3. The number of likely N-dealkylation sites (tertiary alicyclic amines) is 1. The predicted octanol–water partition coefficient (Wildman–Crippen LogP) is 5.58. The molecule has 2 aromatic carbocycles. The molecule has 0 radical (unpaired) electrons. The van der Waals surface area contributed by atoms with Crippen molar-refractivity contribution >= 4 is 46.0 Å². The van der Waals surface area contributed by atoms with Crippen molar-refractivity contribution in [3.63, 3.8) is 0 Å². The van der Waals surface area contributed by atoms with Gasteiger partial charge in [0.25, 0.3) is 5.91 Å². The van der Waals surface area contributed by atoms with Gasteiger partial charge in [-0.3, -0.25) is 9.59 Å². The zero-order valence-electron chi connectivity index (χ0n) is 19.1. The third-order valence-corrected chi connectivity index (χ3v) is 7.52. The fourth-order valence-corrected chi connectivity index (χ4v) is 5.35. The summed E-state index contributed by atoms with van der Waals surface area (Å²) in [6.45, 7) is 3.00. The van der Waals surface area contributed by atoms with Crippen LogP contribution in [0, 0.1) is 24.2 Å². The largest absolute Gasteiger partial charge is 0.481 e. The number of fused-ring (bicyclic) bond motifs is 1. The number of hydrogen-bond donors (Lipinski definition) is 1. The van der Waals surface area contributed by atoms with Gasteiger partial charge in [-0.25, -0.2) is 0 Å². The minimum Gasteiger partial charge on any atom is -0.481 e. The van der Waals surface area contributed by atoms with E-state index in [-0.39, 0.29) is 18.2 Å². The van der Waals surface area contributed by atoms with Crippen LogP contribution in [0.3, 0.4) is 0 Å². The van der Waals surface area contributed by atoms with Crippen LogP contribution in [0.1, 0.15) is 52.0 Å². The van der Waals surface area contributed by atoms with Crippen LogP contribution in [0.15, 0.2) is 30.3 Å². The van der Waals surface area contributed by atoms with Crippen molar-refractivity contribution in [3.05, 3.63) is 68.3 Å². The monoisotopic (exact) mass is 497 g/mol. The first-order chi connectivity index (χ1) is 16.2. The van der Waals surface area contributed by atoms with E-state index in [9.17, 15) is 14.9 Å². The van der Waals surface area contributed by atoms with E-state index < -0.39 is 5.97 Å². The van der Waals surface area contributed by atoms with Crippen molar-refractivity contribution < 1.29 is 14.7 Å². The van der Waals surface area contributed by atoms with Crippen LogP contribution in [0.5, 0.6) is 0 Å². The molecule has 1 amide bonds. The summed E-state index contributed by atoms with van der Waals surface area (Å²) in [4.78, 5) is 25.9. The molecule has 176 valence electrons. The number of benzene rings is 2. The minimum absolute atomic E-state index is 0.0919. The highest BCUT2D eigenvalue weighted by atomic mass is 35.5. The van der Waals surface area contributed by atoms with Gasteiger partial charge >= 0.3 is 5.97 Å². The summed E-state index contributed by atoms with van der Waals surface area (Å²) < 4.78 is 2.03. The summed E-state index contributed by atoms with van der Waals surface area (Å²) in [6.07, 6.45) is 1.90. The van der Waals surface area contributed by atoms with Crippen LogP contribution in [-0.4, -0.2) is 39.5 Å². The second kappa shape index (κ2) is 9.69. The van der Waals surface area contributed by atoms with Gasteiger partial charge in [0.2, 0.25) is 0 Å². The molecule has 2 heterocycles. The van der Waals surface area contributed by atoms with Gasteiger partial charge in [-0.2, -0.15) is 5.26 Å². The Hall–Kier alpha value is -3.01. The van der Waals surface area contributed by atoms with Gasteiger partial charge in [0.05, 0.1) is 22.2 Å². The number of aryl methyl sites for hydroxylation is 2.